The third-order valence-electron chi connectivity index (χ3n) is 7.89. The minimum atomic E-state index is -1.56. The largest absolute Gasteiger partial charge is 0.481 e. The Morgan fingerprint density at radius 2 is 0.981 bits per heavy atom. The molecule has 0 aromatic heterocycles. The van der Waals surface area contributed by atoms with Gasteiger partial charge in [0.05, 0.1) is 12.5 Å². The third-order valence-corrected chi connectivity index (χ3v) is 7.89. The number of carboxylic acid groups (broad SMARTS) is 3. The van der Waals surface area contributed by atoms with Crippen LogP contribution in [-0.2, 0) is 56.0 Å². The number of carbonyl (C=O) groups is 9. The van der Waals surface area contributed by atoms with Gasteiger partial charge in [0, 0.05) is 25.7 Å². The first kappa shape index (κ1) is 43.8. The van der Waals surface area contributed by atoms with Gasteiger partial charge in [0.1, 0.15) is 30.2 Å². The molecule has 0 spiro atoms. The maximum absolute atomic E-state index is 13.9. The van der Waals surface area contributed by atoms with Crippen LogP contribution in [0.5, 0.6) is 0 Å². The van der Waals surface area contributed by atoms with Crippen molar-refractivity contribution in [1.29, 1.82) is 0 Å². The molecule has 0 saturated carbocycles. The number of nitrogens with one attached hydrogen (secondary N) is 5. The summed E-state index contributed by atoms with van der Waals surface area (Å²) in [6, 6.07) is 8.18. The van der Waals surface area contributed by atoms with E-state index in [4.69, 9.17) is 21.7 Å². The number of amides is 6. The van der Waals surface area contributed by atoms with Gasteiger partial charge < -0.3 is 53.4 Å². The molecule has 0 radical (unpaired) electrons. The van der Waals surface area contributed by atoms with Gasteiger partial charge in [-0.15, -0.1) is 0 Å². The van der Waals surface area contributed by atoms with Crippen LogP contribution >= 0.6 is 0 Å². The summed E-state index contributed by atoms with van der Waals surface area (Å²) >= 11 is 0. The topological polar surface area (TPSA) is 327 Å². The van der Waals surface area contributed by atoms with Crippen molar-refractivity contribution in [1.82, 2.24) is 26.6 Å². The summed E-state index contributed by atoms with van der Waals surface area (Å²) in [6.45, 7) is 1.25. The van der Waals surface area contributed by atoms with Crippen LogP contribution in [0.4, 0.5) is 0 Å². The van der Waals surface area contributed by atoms with Crippen molar-refractivity contribution < 1.29 is 58.5 Å². The Hall–Kier alpha value is -6.37. The van der Waals surface area contributed by atoms with Crippen molar-refractivity contribution >= 4 is 53.4 Å². The molecular weight excluding hydrogens is 710 g/mol. The lowest BCUT2D eigenvalue weighted by Gasteiger charge is -2.26. The van der Waals surface area contributed by atoms with Crippen molar-refractivity contribution in [2.45, 2.75) is 88.1 Å². The Morgan fingerprint density at radius 3 is 1.43 bits per heavy atom. The second-order valence-electron chi connectivity index (χ2n) is 12.3. The number of primary amides is 1. The van der Waals surface area contributed by atoms with E-state index < -0.39 is 109 Å². The lowest BCUT2D eigenvalue weighted by Crippen LogP contribution is -2.59. The zero-order chi connectivity index (χ0) is 40.4. The van der Waals surface area contributed by atoms with Crippen molar-refractivity contribution in [3.05, 3.63) is 71.8 Å². The first-order valence-corrected chi connectivity index (χ1v) is 16.8. The summed E-state index contributed by atoms with van der Waals surface area (Å²) in [5.74, 6) is -9.61. The zero-order valence-corrected chi connectivity index (χ0v) is 29.4. The van der Waals surface area contributed by atoms with Crippen LogP contribution in [-0.4, -0.2) is 105 Å². The van der Waals surface area contributed by atoms with E-state index in [-0.39, 0.29) is 25.7 Å². The second kappa shape index (κ2) is 21.9. The van der Waals surface area contributed by atoms with Crippen molar-refractivity contribution in [3.8, 4) is 0 Å². The minimum absolute atomic E-state index is 0.0986. The van der Waals surface area contributed by atoms with Gasteiger partial charge in [-0.25, -0.2) is 4.79 Å². The van der Waals surface area contributed by atoms with Gasteiger partial charge in [0.2, 0.25) is 35.4 Å². The molecule has 19 nitrogen and oxygen atoms in total. The van der Waals surface area contributed by atoms with Crippen LogP contribution in [0.2, 0.25) is 0 Å². The highest BCUT2D eigenvalue weighted by atomic mass is 16.4. The van der Waals surface area contributed by atoms with Crippen LogP contribution < -0.4 is 38.1 Å². The van der Waals surface area contributed by atoms with Crippen LogP contribution in [0.15, 0.2) is 60.7 Å². The van der Waals surface area contributed by atoms with E-state index >= 15 is 0 Å². The minimum Gasteiger partial charge on any atom is -0.481 e. The van der Waals surface area contributed by atoms with E-state index in [1.54, 1.807) is 60.7 Å². The molecule has 6 atom stereocenters. The van der Waals surface area contributed by atoms with Crippen LogP contribution in [0.25, 0.3) is 0 Å². The molecule has 292 valence electrons. The quantitative estimate of drug-likeness (QED) is 0.0584. The van der Waals surface area contributed by atoms with Gasteiger partial charge in [0.25, 0.3) is 0 Å². The molecule has 0 aliphatic heterocycles. The van der Waals surface area contributed by atoms with Gasteiger partial charge >= 0.3 is 17.9 Å². The summed E-state index contributed by atoms with van der Waals surface area (Å²) in [5.41, 5.74) is 11.9. The molecule has 2 rings (SSSR count). The highest BCUT2D eigenvalue weighted by molar-refractivity contribution is 5.97. The molecule has 54 heavy (non-hydrogen) atoms. The molecule has 19 heteroatoms. The normalized spacial score (nSPS) is 14.0. The lowest BCUT2D eigenvalue weighted by atomic mass is 10.0. The molecule has 6 amide bonds. The van der Waals surface area contributed by atoms with Crippen LogP contribution in [0.1, 0.15) is 50.2 Å². The molecule has 12 N–H and O–H groups in total. The standard InChI is InChI=1S/C35H45N7O12/c1-19(38-32(50)23(13-15-28(44)45)39-31(49)22(36)18-29(46)47)30(48)41-25(16-20-8-4-2-5-9-20)34(52)42-26(17-21-10-6-3-7-11-21)33(51)40-24(35(53)54)12-14-27(37)43/h2-11,19,22-26H,12-18,36H2,1H3,(H2,37,43)(H,38,50)(H,39,49)(H,40,51)(H,41,48)(H,42,52)(H,44,45)(H,46,47)(H,53,54)/t19-,22-,23-,24-,25-,26-/m0/s1. The second-order valence-corrected chi connectivity index (χ2v) is 12.3. The average molecular weight is 756 g/mol. The molecule has 0 fully saturated rings. The first-order chi connectivity index (χ1) is 25.5. The van der Waals surface area contributed by atoms with Crippen molar-refractivity contribution in [2.24, 2.45) is 11.5 Å². The maximum atomic E-state index is 13.9. The number of hydrogen-bond acceptors (Lipinski definition) is 10. The Bertz CT molecular complexity index is 1660. The number of aliphatic carboxylic acids is 3. The van der Waals surface area contributed by atoms with Gasteiger partial charge in [-0.2, -0.15) is 0 Å². The van der Waals surface area contributed by atoms with E-state index in [0.717, 1.165) is 0 Å². The molecule has 0 bridgehead atoms. The maximum Gasteiger partial charge on any atom is 0.326 e. The van der Waals surface area contributed by atoms with E-state index in [1.807, 2.05) is 0 Å². The predicted octanol–water partition coefficient (Wildman–Crippen LogP) is -2.07. The fraction of sp³-hybridized carbons (Fsp3) is 0.400. The Kier molecular flexibility index (Phi) is 17.7. The molecule has 0 unspecified atom stereocenters. The predicted molar refractivity (Wildman–Crippen MR) is 189 cm³/mol. The summed E-state index contributed by atoms with van der Waals surface area (Å²) in [6.07, 6.45) is -2.64. The van der Waals surface area contributed by atoms with Crippen LogP contribution in [0, 0.1) is 0 Å². The number of nitrogens with two attached hydrogens (primary N) is 2. The molecular formula is C35H45N7O12. The van der Waals surface area contributed by atoms with Gasteiger partial charge in [-0.1, -0.05) is 60.7 Å². The van der Waals surface area contributed by atoms with E-state index in [1.165, 1.54) is 6.92 Å². The number of rotatable bonds is 23. The molecule has 0 aliphatic rings. The van der Waals surface area contributed by atoms with E-state index in [9.17, 15) is 48.3 Å². The third kappa shape index (κ3) is 15.9. The number of carboxylic acids is 3. The fourth-order valence-electron chi connectivity index (χ4n) is 4.98. The highest BCUT2D eigenvalue weighted by Gasteiger charge is 2.32. The SMILES string of the molecule is C[C@H](NC(=O)[C@H](CCC(=O)O)NC(=O)[C@@H](N)CC(=O)O)C(=O)N[C@@H](Cc1ccccc1)C(=O)N[C@@H](Cc1ccccc1)C(=O)N[C@@H](CCC(N)=O)C(=O)O. The monoisotopic (exact) mass is 755 g/mol. The number of hydrogen-bond donors (Lipinski definition) is 10. The summed E-state index contributed by atoms with van der Waals surface area (Å²) in [4.78, 5) is 112. The average Bonchev–Trinajstić information content (AvgIpc) is 3.11. The summed E-state index contributed by atoms with van der Waals surface area (Å²) in [7, 11) is 0. The van der Waals surface area contributed by atoms with Crippen molar-refractivity contribution in [2.75, 3.05) is 0 Å². The van der Waals surface area contributed by atoms with E-state index in [2.05, 4.69) is 26.6 Å². The molecule has 0 heterocycles. The lowest BCUT2D eigenvalue weighted by molar-refractivity contribution is -0.142. The highest BCUT2D eigenvalue weighted by Crippen LogP contribution is 2.09. The number of benzene rings is 2. The molecule has 2 aromatic rings. The van der Waals surface area contributed by atoms with Gasteiger partial charge in [-0.3, -0.25) is 38.4 Å². The zero-order valence-electron chi connectivity index (χ0n) is 29.4. The van der Waals surface area contributed by atoms with Crippen LogP contribution in [0.3, 0.4) is 0 Å². The number of carbonyl (C=O) groups excluding carboxylic acids is 6. The molecule has 0 saturated heterocycles. The Labute approximate surface area is 309 Å². The Morgan fingerprint density at radius 1 is 0.556 bits per heavy atom. The summed E-state index contributed by atoms with van der Waals surface area (Å²) in [5, 5.41) is 39.7. The molecule has 2 aromatic carbocycles. The Balaban J connectivity index is 2.31. The van der Waals surface area contributed by atoms with Crippen molar-refractivity contribution in [3.63, 3.8) is 0 Å². The van der Waals surface area contributed by atoms with Gasteiger partial charge in [-0.05, 0) is 30.9 Å². The smallest absolute Gasteiger partial charge is 0.326 e. The molecule has 0 aliphatic carbocycles. The van der Waals surface area contributed by atoms with E-state index in [0.29, 0.717) is 11.1 Å². The first-order valence-electron chi connectivity index (χ1n) is 16.8. The summed E-state index contributed by atoms with van der Waals surface area (Å²) < 4.78 is 0. The fourth-order valence-corrected chi connectivity index (χ4v) is 4.98. The van der Waals surface area contributed by atoms with Gasteiger partial charge in [0.15, 0.2) is 0 Å².